The SMILES string of the molecule is CO[C@H]1CC2CC[C@@H](C)[C@@](O)(O2)C(=O)C(=O)N2CCCC[C@H]2C(=O)O[C@H]([C@@H](C)C[C@@H]2CC[C@@H](OCCO)[C@H](OC)C2)CC(=O)C(C)/C=C(\C)[C@@H](O)[C@@H](OC)C(=O)[C@H](C)CC(C)/C=C/C=CC=C1C. The molecule has 15 heteroatoms. The van der Waals surface area contributed by atoms with E-state index in [-0.39, 0.29) is 74.1 Å². The minimum absolute atomic E-state index is 0.0158. The molecule has 4 aliphatic rings. The van der Waals surface area contributed by atoms with Crippen LogP contribution in [0.4, 0.5) is 0 Å². The van der Waals surface area contributed by atoms with Gasteiger partial charge in [0, 0.05) is 58.5 Å². The molecule has 0 aromatic heterocycles. The Bertz CT molecular complexity index is 1810. The maximum atomic E-state index is 14.5. The number of amides is 1. The first kappa shape index (κ1) is 57.2. The maximum Gasteiger partial charge on any atom is 0.329 e. The second-order valence-corrected chi connectivity index (χ2v) is 20.2. The predicted molar refractivity (Wildman–Crippen MR) is 256 cm³/mol. The van der Waals surface area contributed by atoms with Gasteiger partial charge >= 0.3 is 5.97 Å². The van der Waals surface area contributed by atoms with Gasteiger partial charge in [-0.3, -0.25) is 19.2 Å². The smallest absolute Gasteiger partial charge is 0.329 e. The van der Waals surface area contributed by atoms with Crippen molar-refractivity contribution in [2.75, 3.05) is 41.1 Å². The number of piperidine rings is 1. The number of hydrogen-bond acceptors (Lipinski definition) is 14. The van der Waals surface area contributed by atoms with Crippen molar-refractivity contribution in [2.45, 2.75) is 180 Å². The van der Waals surface area contributed by atoms with Gasteiger partial charge in [-0.05, 0) is 107 Å². The normalized spacial score (nSPS) is 37.9. The second kappa shape index (κ2) is 27.3. The molecule has 0 spiro atoms. The number of Topliss-reactive ketones (excluding diaryl/α,β-unsaturated/α-hetero) is 3. The van der Waals surface area contributed by atoms with Crippen LogP contribution in [0.25, 0.3) is 0 Å². The number of carbonyl (C=O) groups is 5. The van der Waals surface area contributed by atoms with E-state index < -0.39 is 77.8 Å². The van der Waals surface area contributed by atoms with E-state index in [0.29, 0.717) is 63.4 Å². The summed E-state index contributed by atoms with van der Waals surface area (Å²) in [5.74, 6) is -7.96. The van der Waals surface area contributed by atoms with Gasteiger partial charge in [0.2, 0.25) is 5.79 Å². The molecule has 3 aliphatic heterocycles. The van der Waals surface area contributed by atoms with Crippen LogP contribution in [-0.4, -0.2) is 145 Å². The third-order valence-corrected chi connectivity index (χ3v) is 14.9. The van der Waals surface area contributed by atoms with Gasteiger partial charge in [-0.1, -0.05) is 71.1 Å². The Morgan fingerprint density at radius 2 is 1.59 bits per heavy atom. The Balaban J connectivity index is 1.70. The van der Waals surface area contributed by atoms with Gasteiger partial charge in [0.25, 0.3) is 11.7 Å². The predicted octanol–water partition coefficient (Wildman–Crippen LogP) is 6.20. The number of esters is 1. The van der Waals surface area contributed by atoms with Gasteiger partial charge in [0.05, 0.1) is 37.6 Å². The molecule has 3 heterocycles. The van der Waals surface area contributed by atoms with E-state index in [2.05, 4.69) is 0 Å². The van der Waals surface area contributed by atoms with Gasteiger partial charge in [0.15, 0.2) is 5.78 Å². The zero-order valence-corrected chi connectivity index (χ0v) is 42.4. The van der Waals surface area contributed by atoms with Crippen molar-refractivity contribution in [3.05, 3.63) is 47.6 Å². The van der Waals surface area contributed by atoms with Crippen LogP contribution in [0.3, 0.4) is 0 Å². The fourth-order valence-corrected chi connectivity index (χ4v) is 10.5. The van der Waals surface area contributed by atoms with Crippen LogP contribution in [0.15, 0.2) is 47.6 Å². The summed E-state index contributed by atoms with van der Waals surface area (Å²) in [6.07, 6.45) is 12.0. The topological polar surface area (TPSA) is 205 Å². The van der Waals surface area contributed by atoms with Crippen LogP contribution in [0.5, 0.6) is 0 Å². The molecule has 0 aromatic rings. The second-order valence-electron chi connectivity index (χ2n) is 20.2. The van der Waals surface area contributed by atoms with E-state index >= 15 is 0 Å². The maximum absolute atomic E-state index is 14.5. The molecule has 2 bridgehead atoms. The lowest BCUT2D eigenvalue weighted by Gasteiger charge is -2.42. The van der Waals surface area contributed by atoms with Crippen LogP contribution in [0.1, 0.15) is 126 Å². The average Bonchev–Trinajstić information content (AvgIpc) is 3.32. The molecule has 3 unspecified atom stereocenters. The number of ether oxygens (including phenoxy) is 6. The van der Waals surface area contributed by atoms with Crippen molar-refractivity contribution in [1.29, 1.82) is 0 Å². The van der Waals surface area contributed by atoms with E-state index in [1.807, 2.05) is 58.1 Å². The van der Waals surface area contributed by atoms with E-state index in [9.17, 15) is 39.3 Å². The summed E-state index contributed by atoms with van der Waals surface area (Å²) in [6, 6.07) is -1.14. The molecule has 2 saturated heterocycles. The zero-order valence-electron chi connectivity index (χ0n) is 42.4. The number of cyclic esters (lactones) is 1. The van der Waals surface area contributed by atoms with Gasteiger partial charge in [-0.15, -0.1) is 0 Å². The lowest BCUT2D eigenvalue weighted by atomic mass is 9.78. The molecule has 0 radical (unpaired) electrons. The number of allylic oxidation sites excluding steroid dienone is 6. The van der Waals surface area contributed by atoms with Crippen LogP contribution in [-0.2, 0) is 52.4 Å². The zero-order chi connectivity index (χ0) is 50.3. The minimum Gasteiger partial charge on any atom is -0.460 e. The minimum atomic E-state index is -2.43. The monoisotopic (exact) mass is 958 g/mol. The molecule has 0 aromatic carbocycles. The Morgan fingerprint density at radius 3 is 2.26 bits per heavy atom. The standard InChI is InChI=1S/C53H83NO14/c1-32-16-12-11-13-17-33(2)44(63-8)30-40-21-19-38(7)53(62,68-40)50(59)51(60)54-23-15-14-18-41(54)52(61)67-45(35(4)28-39-20-22-43(66-25-24-55)46(29-39)64-9)31-42(56)34(3)27-37(6)48(58)49(65-10)47(57)36(5)26-32/h11-13,16-17,27,32,34-36,38-41,43-46,48-49,55,58,62H,14-15,18-26,28-31H2,1-10H3/b13-11?,16-12+,33-17?,37-27+/t32?,34?,35-,36+,38+,39-,40?,41-,43+,44-,45-,46+,48+,49-,53+/m0/s1. The van der Waals surface area contributed by atoms with Crippen LogP contribution in [0, 0.1) is 35.5 Å². The summed E-state index contributed by atoms with van der Waals surface area (Å²) in [7, 11) is 4.58. The van der Waals surface area contributed by atoms with Crippen LogP contribution >= 0.6 is 0 Å². The number of fused-ring (bicyclic) bond motifs is 3. The van der Waals surface area contributed by atoms with Gasteiger partial charge in [-0.2, -0.15) is 0 Å². The molecule has 15 atom stereocenters. The number of ketones is 3. The Labute approximate surface area is 405 Å². The summed E-state index contributed by atoms with van der Waals surface area (Å²) < 4.78 is 35.6. The molecule has 15 nitrogen and oxygen atoms in total. The number of hydrogen-bond donors (Lipinski definition) is 3. The van der Waals surface area contributed by atoms with Gasteiger partial charge in [0.1, 0.15) is 30.1 Å². The number of nitrogens with zero attached hydrogens (tertiary/aromatic N) is 1. The van der Waals surface area contributed by atoms with Crippen molar-refractivity contribution in [3.8, 4) is 0 Å². The Morgan fingerprint density at radius 1 is 0.853 bits per heavy atom. The van der Waals surface area contributed by atoms with E-state index in [1.54, 1.807) is 41.1 Å². The molecular formula is C53H83NO14. The van der Waals surface area contributed by atoms with Gasteiger partial charge in [-0.25, -0.2) is 4.79 Å². The molecule has 1 saturated carbocycles. The molecule has 4 rings (SSSR count). The first-order valence-electron chi connectivity index (χ1n) is 25.0. The molecule has 3 fully saturated rings. The molecule has 1 amide bonds. The fourth-order valence-electron chi connectivity index (χ4n) is 10.5. The number of rotatable bonds is 9. The quantitative estimate of drug-likeness (QED) is 0.134. The van der Waals surface area contributed by atoms with Crippen molar-refractivity contribution in [1.82, 2.24) is 4.90 Å². The summed E-state index contributed by atoms with van der Waals surface area (Å²) in [5.41, 5.74) is 1.26. The van der Waals surface area contributed by atoms with E-state index in [0.717, 1.165) is 12.0 Å². The Hall–Kier alpha value is -3.41. The highest BCUT2D eigenvalue weighted by atomic mass is 16.6. The third-order valence-electron chi connectivity index (χ3n) is 14.9. The van der Waals surface area contributed by atoms with E-state index in [4.69, 9.17) is 28.4 Å². The summed E-state index contributed by atoms with van der Waals surface area (Å²) in [6.45, 7) is 12.9. The number of carbonyl (C=O) groups excluding carboxylic acids is 5. The largest absolute Gasteiger partial charge is 0.460 e. The fraction of sp³-hybridized carbons (Fsp3) is 0.755. The molecule has 384 valence electrons. The highest BCUT2D eigenvalue weighted by Gasteiger charge is 2.53. The van der Waals surface area contributed by atoms with E-state index in [1.165, 1.54) is 12.0 Å². The lowest BCUT2D eigenvalue weighted by molar-refractivity contribution is -0.265. The Kier molecular flexibility index (Phi) is 22.9. The first-order chi connectivity index (χ1) is 32.3. The van der Waals surface area contributed by atoms with Crippen molar-refractivity contribution in [2.24, 2.45) is 35.5 Å². The highest BCUT2D eigenvalue weighted by molar-refractivity contribution is 6.39. The number of methoxy groups -OCH3 is 3. The molecular weight excluding hydrogens is 875 g/mol. The molecule has 3 N–H and O–H groups in total. The summed E-state index contributed by atoms with van der Waals surface area (Å²) >= 11 is 0. The number of aliphatic hydroxyl groups is 3. The van der Waals surface area contributed by atoms with Crippen LogP contribution in [0.2, 0.25) is 0 Å². The summed E-state index contributed by atoms with van der Waals surface area (Å²) in [5, 5.41) is 32.8. The third kappa shape index (κ3) is 15.3. The molecule has 1 aliphatic carbocycles. The van der Waals surface area contributed by atoms with Crippen molar-refractivity contribution in [3.63, 3.8) is 0 Å². The summed E-state index contributed by atoms with van der Waals surface area (Å²) in [4.78, 5) is 72.1. The van der Waals surface area contributed by atoms with Gasteiger partial charge < -0.3 is 48.6 Å². The van der Waals surface area contributed by atoms with Crippen molar-refractivity contribution < 1.29 is 67.7 Å². The number of aliphatic hydroxyl groups excluding tert-OH is 2. The average molecular weight is 958 g/mol. The lowest BCUT2D eigenvalue weighted by Crippen LogP contribution is -2.61. The van der Waals surface area contributed by atoms with Crippen molar-refractivity contribution >= 4 is 29.2 Å². The first-order valence-corrected chi connectivity index (χ1v) is 25.0. The van der Waals surface area contributed by atoms with Crippen LogP contribution < -0.4 is 0 Å². The highest BCUT2D eigenvalue weighted by Crippen LogP contribution is 2.38. The molecule has 68 heavy (non-hydrogen) atoms.